The average Bonchev–Trinajstić information content (AvgIpc) is 3.04. The van der Waals surface area contributed by atoms with Gasteiger partial charge in [-0.25, -0.2) is 0 Å². The molecule has 1 aliphatic rings. The SMILES string of the molecule is CCCOc1ccc(C(=O)NC2CCNC2)cc1OCCC.Cl. The van der Waals surface area contributed by atoms with E-state index in [2.05, 4.69) is 24.5 Å². The molecule has 0 bridgehead atoms. The molecule has 1 amide bonds. The highest BCUT2D eigenvalue weighted by Crippen LogP contribution is 2.29. The van der Waals surface area contributed by atoms with Gasteiger partial charge in [0.25, 0.3) is 5.91 Å². The Bertz CT molecular complexity index is 491. The van der Waals surface area contributed by atoms with Crippen molar-refractivity contribution in [2.24, 2.45) is 0 Å². The molecule has 130 valence electrons. The Morgan fingerprint density at radius 2 is 1.91 bits per heavy atom. The van der Waals surface area contributed by atoms with Crippen molar-refractivity contribution in [3.63, 3.8) is 0 Å². The highest BCUT2D eigenvalue weighted by Gasteiger charge is 2.18. The van der Waals surface area contributed by atoms with Gasteiger partial charge in [0.15, 0.2) is 11.5 Å². The first kappa shape index (κ1) is 19.6. The minimum Gasteiger partial charge on any atom is -0.490 e. The van der Waals surface area contributed by atoms with Crippen molar-refractivity contribution < 1.29 is 14.3 Å². The smallest absolute Gasteiger partial charge is 0.251 e. The molecular formula is C17H27ClN2O3. The van der Waals surface area contributed by atoms with Crippen LogP contribution in [0.25, 0.3) is 0 Å². The summed E-state index contributed by atoms with van der Waals surface area (Å²) in [6.07, 6.45) is 2.82. The standard InChI is InChI=1S/C17H26N2O3.ClH/c1-3-9-21-15-6-5-13(11-16(15)22-10-4-2)17(20)19-14-7-8-18-12-14;/h5-6,11,14,18H,3-4,7-10,12H2,1-2H3,(H,19,20);1H. The Labute approximate surface area is 144 Å². The van der Waals surface area contributed by atoms with Crippen LogP contribution in [0.2, 0.25) is 0 Å². The fourth-order valence-electron chi connectivity index (χ4n) is 2.35. The molecule has 23 heavy (non-hydrogen) atoms. The predicted octanol–water partition coefficient (Wildman–Crippen LogP) is 2.78. The third-order valence-electron chi connectivity index (χ3n) is 3.52. The summed E-state index contributed by atoms with van der Waals surface area (Å²) in [5, 5.41) is 6.28. The van der Waals surface area contributed by atoms with E-state index >= 15 is 0 Å². The average molecular weight is 343 g/mol. The van der Waals surface area contributed by atoms with E-state index in [1.807, 2.05) is 6.07 Å². The number of benzene rings is 1. The predicted molar refractivity (Wildman–Crippen MR) is 94.0 cm³/mol. The Morgan fingerprint density at radius 3 is 2.52 bits per heavy atom. The van der Waals surface area contributed by atoms with Crippen LogP contribution in [0.15, 0.2) is 18.2 Å². The topological polar surface area (TPSA) is 59.6 Å². The number of hydrogen-bond acceptors (Lipinski definition) is 4. The maximum absolute atomic E-state index is 12.3. The van der Waals surface area contributed by atoms with E-state index in [9.17, 15) is 4.79 Å². The molecule has 5 nitrogen and oxygen atoms in total. The van der Waals surface area contributed by atoms with Crippen LogP contribution in [0.3, 0.4) is 0 Å². The van der Waals surface area contributed by atoms with Crippen LogP contribution >= 0.6 is 12.4 Å². The summed E-state index contributed by atoms with van der Waals surface area (Å²) in [6.45, 7) is 7.16. The van der Waals surface area contributed by atoms with Crippen LogP contribution < -0.4 is 20.1 Å². The molecule has 1 unspecified atom stereocenters. The number of halogens is 1. The molecule has 1 heterocycles. The number of carbonyl (C=O) groups excluding carboxylic acids is 1. The third-order valence-corrected chi connectivity index (χ3v) is 3.52. The first-order valence-corrected chi connectivity index (χ1v) is 8.15. The van der Waals surface area contributed by atoms with Crippen molar-refractivity contribution in [3.8, 4) is 11.5 Å². The van der Waals surface area contributed by atoms with Crippen LogP contribution in [0.1, 0.15) is 43.5 Å². The fourth-order valence-corrected chi connectivity index (χ4v) is 2.35. The zero-order valence-corrected chi connectivity index (χ0v) is 14.7. The van der Waals surface area contributed by atoms with E-state index in [1.165, 1.54) is 0 Å². The summed E-state index contributed by atoms with van der Waals surface area (Å²) < 4.78 is 11.4. The van der Waals surface area contributed by atoms with Gasteiger partial charge in [0.1, 0.15) is 0 Å². The minimum absolute atomic E-state index is 0. The lowest BCUT2D eigenvalue weighted by Gasteiger charge is -2.15. The van der Waals surface area contributed by atoms with Crippen molar-refractivity contribution in [1.29, 1.82) is 0 Å². The first-order valence-electron chi connectivity index (χ1n) is 8.15. The van der Waals surface area contributed by atoms with E-state index in [0.717, 1.165) is 32.4 Å². The normalized spacial score (nSPS) is 16.5. The van der Waals surface area contributed by atoms with Crippen LogP contribution in [-0.2, 0) is 0 Å². The molecule has 0 spiro atoms. The lowest BCUT2D eigenvalue weighted by atomic mass is 10.1. The van der Waals surface area contributed by atoms with E-state index in [-0.39, 0.29) is 24.4 Å². The molecule has 1 fully saturated rings. The van der Waals surface area contributed by atoms with Crippen molar-refractivity contribution in [3.05, 3.63) is 23.8 Å². The minimum atomic E-state index is -0.0583. The summed E-state index contributed by atoms with van der Waals surface area (Å²) in [5.74, 6) is 1.29. The molecule has 0 aromatic heterocycles. The van der Waals surface area contributed by atoms with Crippen molar-refractivity contribution >= 4 is 18.3 Å². The van der Waals surface area contributed by atoms with Gasteiger partial charge in [0.2, 0.25) is 0 Å². The molecule has 1 aromatic carbocycles. The molecule has 1 atom stereocenters. The lowest BCUT2D eigenvalue weighted by molar-refractivity contribution is 0.0939. The molecule has 2 N–H and O–H groups in total. The van der Waals surface area contributed by atoms with Gasteiger partial charge in [-0.1, -0.05) is 13.8 Å². The number of carbonyl (C=O) groups is 1. The zero-order chi connectivity index (χ0) is 15.8. The summed E-state index contributed by atoms with van der Waals surface area (Å²) in [6, 6.07) is 5.60. The van der Waals surface area contributed by atoms with E-state index in [4.69, 9.17) is 9.47 Å². The van der Waals surface area contributed by atoms with Gasteiger partial charge in [0, 0.05) is 18.2 Å². The second-order valence-corrected chi connectivity index (χ2v) is 5.52. The van der Waals surface area contributed by atoms with Gasteiger partial charge in [-0.15, -0.1) is 12.4 Å². The Morgan fingerprint density at radius 1 is 1.22 bits per heavy atom. The monoisotopic (exact) mass is 342 g/mol. The molecule has 6 heteroatoms. The quantitative estimate of drug-likeness (QED) is 0.762. The number of nitrogens with one attached hydrogen (secondary N) is 2. The Balaban J connectivity index is 0.00000264. The zero-order valence-electron chi connectivity index (χ0n) is 13.9. The summed E-state index contributed by atoms with van der Waals surface area (Å²) in [7, 11) is 0. The largest absolute Gasteiger partial charge is 0.490 e. The van der Waals surface area contributed by atoms with E-state index in [1.54, 1.807) is 12.1 Å². The van der Waals surface area contributed by atoms with E-state index in [0.29, 0.717) is 30.3 Å². The summed E-state index contributed by atoms with van der Waals surface area (Å²) >= 11 is 0. The highest BCUT2D eigenvalue weighted by atomic mass is 35.5. The summed E-state index contributed by atoms with van der Waals surface area (Å²) in [5.41, 5.74) is 0.613. The van der Waals surface area contributed by atoms with Crippen LogP contribution in [0.5, 0.6) is 11.5 Å². The molecule has 0 saturated carbocycles. The maximum atomic E-state index is 12.3. The van der Waals surface area contributed by atoms with Gasteiger partial charge in [-0.05, 0) is 44.0 Å². The molecule has 1 aliphatic heterocycles. The molecular weight excluding hydrogens is 316 g/mol. The molecule has 1 aromatic rings. The van der Waals surface area contributed by atoms with Gasteiger partial charge in [0.05, 0.1) is 13.2 Å². The van der Waals surface area contributed by atoms with Crippen molar-refractivity contribution in [2.75, 3.05) is 26.3 Å². The molecule has 1 saturated heterocycles. The first-order chi connectivity index (χ1) is 10.7. The second-order valence-electron chi connectivity index (χ2n) is 5.52. The van der Waals surface area contributed by atoms with Crippen LogP contribution in [0.4, 0.5) is 0 Å². The maximum Gasteiger partial charge on any atom is 0.251 e. The third kappa shape index (κ3) is 5.92. The number of ether oxygens (including phenoxy) is 2. The van der Waals surface area contributed by atoms with Gasteiger partial charge in [-0.3, -0.25) is 4.79 Å². The van der Waals surface area contributed by atoms with Gasteiger partial charge >= 0.3 is 0 Å². The van der Waals surface area contributed by atoms with Crippen molar-refractivity contribution in [1.82, 2.24) is 10.6 Å². The Kier molecular flexibility index (Phi) is 8.81. The second kappa shape index (κ2) is 10.3. The van der Waals surface area contributed by atoms with Crippen LogP contribution in [-0.4, -0.2) is 38.3 Å². The number of hydrogen-bond donors (Lipinski definition) is 2. The highest BCUT2D eigenvalue weighted by molar-refractivity contribution is 5.95. The van der Waals surface area contributed by atoms with Crippen LogP contribution in [0, 0.1) is 0 Å². The Hall–Kier alpha value is -1.46. The van der Waals surface area contributed by atoms with Crippen molar-refractivity contribution in [2.45, 2.75) is 39.2 Å². The fraction of sp³-hybridized carbons (Fsp3) is 0.588. The molecule has 2 rings (SSSR count). The summed E-state index contributed by atoms with van der Waals surface area (Å²) in [4.78, 5) is 12.3. The van der Waals surface area contributed by atoms with Gasteiger partial charge < -0.3 is 20.1 Å². The number of rotatable bonds is 8. The van der Waals surface area contributed by atoms with Gasteiger partial charge in [-0.2, -0.15) is 0 Å². The molecule has 0 radical (unpaired) electrons. The molecule has 0 aliphatic carbocycles. The lowest BCUT2D eigenvalue weighted by Crippen LogP contribution is -2.36. The number of amides is 1. The van der Waals surface area contributed by atoms with E-state index < -0.39 is 0 Å².